The number of para-hydroxylation sites is 1. The Morgan fingerprint density at radius 1 is 1.13 bits per heavy atom. The molecule has 0 saturated carbocycles. The van der Waals surface area contributed by atoms with E-state index in [1.807, 2.05) is 54.6 Å². The number of pyridine rings is 1. The minimum Gasteiger partial charge on any atom is -0.760 e. The maximum Gasteiger partial charge on any atom is 0.274 e. The summed E-state index contributed by atoms with van der Waals surface area (Å²) in [7, 11) is 1.71. The summed E-state index contributed by atoms with van der Waals surface area (Å²) in [6.07, 6.45) is 4.06. The van der Waals surface area contributed by atoms with E-state index in [-0.39, 0.29) is 5.56 Å². The van der Waals surface area contributed by atoms with Crippen LogP contribution in [-0.4, -0.2) is 24.9 Å². The zero-order valence-corrected chi connectivity index (χ0v) is 17.1. The van der Waals surface area contributed by atoms with Gasteiger partial charge in [0.2, 0.25) is 0 Å². The van der Waals surface area contributed by atoms with Crippen molar-refractivity contribution in [3.63, 3.8) is 0 Å². The van der Waals surface area contributed by atoms with Crippen LogP contribution < -0.4 is 15.0 Å². The van der Waals surface area contributed by atoms with E-state index in [2.05, 4.69) is 9.71 Å². The molecule has 2 N–H and O–H groups in total. The first kappa shape index (κ1) is 20.1. The summed E-state index contributed by atoms with van der Waals surface area (Å²) in [5, 5.41) is 0.798. The van der Waals surface area contributed by atoms with Crippen LogP contribution in [0.2, 0.25) is 0 Å². The molecule has 30 heavy (non-hydrogen) atoms. The number of aromatic amines is 1. The van der Waals surface area contributed by atoms with Gasteiger partial charge in [0, 0.05) is 53.8 Å². The highest BCUT2D eigenvalue weighted by atomic mass is 32.2. The number of nitrogens with zero attached hydrogens (tertiary/aromatic N) is 1. The van der Waals surface area contributed by atoms with Crippen LogP contribution in [-0.2, 0) is 24.7 Å². The quantitative estimate of drug-likeness (QED) is 0.447. The van der Waals surface area contributed by atoms with Crippen LogP contribution in [0.1, 0.15) is 5.56 Å². The zero-order valence-electron chi connectivity index (χ0n) is 16.3. The average Bonchev–Trinajstić information content (AvgIpc) is 3.22. The van der Waals surface area contributed by atoms with Crippen LogP contribution >= 0.6 is 0 Å². The lowest BCUT2D eigenvalue weighted by Gasteiger charge is -2.15. The molecule has 4 rings (SSSR count). The van der Waals surface area contributed by atoms with E-state index in [0.717, 1.165) is 22.1 Å². The minimum absolute atomic E-state index is 0.109. The van der Waals surface area contributed by atoms with E-state index in [9.17, 15) is 13.6 Å². The number of aryl methyl sites for hydroxylation is 1. The van der Waals surface area contributed by atoms with Crippen molar-refractivity contribution in [2.24, 2.45) is 7.05 Å². The summed E-state index contributed by atoms with van der Waals surface area (Å²) in [4.78, 5) is 15.5. The molecule has 1 unspecified atom stereocenters. The normalized spacial score (nSPS) is 12.2. The van der Waals surface area contributed by atoms with Gasteiger partial charge in [0.1, 0.15) is 17.0 Å². The maximum atomic E-state index is 12.5. The predicted octanol–water partition coefficient (Wildman–Crippen LogP) is 3.25. The number of ether oxygens (including phenoxy) is 1. The number of hydrogen-bond donors (Lipinski definition) is 2. The average molecular weight is 422 g/mol. The fraction of sp³-hybridized carbons (Fsp3) is 0.136. The third kappa shape index (κ3) is 4.20. The lowest BCUT2D eigenvalue weighted by atomic mass is 9.99. The van der Waals surface area contributed by atoms with Crippen LogP contribution in [0.3, 0.4) is 0 Å². The van der Waals surface area contributed by atoms with E-state index < -0.39 is 11.3 Å². The van der Waals surface area contributed by atoms with Gasteiger partial charge in [-0.3, -0.25) is 9.00 Å². The van der Waals surface area contributed by atoms with Gasteiger partial charge in [0.15, 0.2) is 0 Å². The highest BCUT2D eigenvalue weighted by Crippen LogP contribution is 2.37. The number of hydrogen-bond acceptors (Lipinski definition) is 4. The third-order valence-corrected chi connectivity index (χ3v) is 5.27. The Bertz CT molecular complexity index is 1260. The van der Waals surface area contributed by atoms with Crippen molar-refractivity contribution in [1.29, 1.82) is 0 Å². The lowest BCUT2D eigenvalue weighted by Crippen LogP contribution is -2.19. The lowest BCUT2D eigenvalue weighted by molar-refractivity contribution is 0.484. The molecule has 0 aliphatic rings. The molecule has 0 amide bonds. The Balaban J connectivity index is 1.82. The molecule has 0 aliphatic carbocycles. The Kier molecular flexibility index (Phi) is 5.80. The Hall–Kier alpha value is -3.20. The molecule has 0 spiro atoms. The number of rotatable bonds is 7. The van der Waals surface area contributed by atoms with Crippen LogP contribution in [0.4, 0.5) is 0 Å². The highest BCUT2D eigenvalue weighted by molar-refractivity contribution is 7.77. The van der Waals surface area contributed by atoms with Gasteiger partial charge in [0.05, 0.1) is 0 Å². The van der Waals surface area contributed by atoms with Gasteiger partial charge in [-0.25, -0.2) is 4.72 Å². The summed E-state index contributed by atoms with van der Waals surface area (Å²) in [5.41, 5.74) is 3.03. The van der Waals surface area contributed by atoms with Crippen LogP contribution in [0.15, 0.2) is 71.8 Å². The minimum atomic E-state index is -2.30. The van der Waals surface area contributed by atoms with Gasteiger partial charge in [-0.1, -0.05) is 24.3 Å². The highest BCUT2D eigenvalue weighted by Gasteiger charge is 2.15. The second-order valence-corrected chi connectivity index (χ2v) is 7.61. The summed E-state index contributed by atoms with van der Waals surface area (Å²) in [6.45, 7) is 0.293. The molecule has 0 fully saturated rings. The number of nitrogens with one attached hydrogen (secondary N) is 2. The molecule has 0 radical (unpaired) electrons. The Morgan fingerprint density at radius 3 is 2.70 bits per heavy atom. The first-order chi connectivity index (χ1) is 14.5. The van der Waals surface area contributed by atoms with Gasteiger partial charge in [-0.15, -0.1) is 0 Å². The molecular formula is C22H20N3O4S-. The largest absolute Gasteiger partial charge is 0.760 e. The van der Waals surface area contributed by atoms with Crippen molar-refractivity contribution < 1.29 is 13.5 Å². The standard InChI is InChI=1S/C22H21N3O4S/c1-25-14-19(17-10-11-23-21(17)22(25)26)18-13-15(9-12-24-30(27)28)7-8-20(18)29-16-5-3-2-4-6-16/h2-8,10-11,13-14,23-24H,9,12H2,1H3,(H,27,28)/p-1. The van der Waals surface area contributed by atoms with E-state index >= 15 is 0 Å². The van der Waals surface area contributed by atoms with Crippen molar-refractivity contribution in [2.75, 3.05) is 6.54 Å². The fourth-order valence-electron chi connectivity index (χ4n) is 3.41. The SMILES string of the molecule is Cn1cc(-c2cc(CCNS(=O)[O-])ccc2Oc2ccccc2)c2cc[nH]c2c1=O. The fourth-order valence-corrected chi connectivity index (χ4v) is 3.68. The molecule has 8 heteroatoms. The van der Waals surface area contributed by atoms with Crippen molar-refractivity contribution in [3.8, 4) is 22.6 Å². The number of fused-ring (bicyclic) bond motifs is 1. The molecule has 0 aliphatic heterocycles. The molecule has 2 heterocycles. The van der Waals surface area contributed by atoms with Crippen LogP contribution in [0.5, 0.6) is 11.5 Å². The Labute approximate surface area is 175 Å². The molecule has 0 bridgehead atoms. The molecule has 154 valence electrons. The summed E-state index contributed by atoms with van der Waals surface area (Å²) >= 11 is -2.30. The number of aromatic nitrogens is 2. The number of H-pyrrole nitrogens is 1. The van der Waals surface area contributed by atoms with Gasteiger partial charge >= 0.3 is 0 Å². The van der Waals surface area contributed by atoms with Crippen molar-refractivity contribution >= 4 is 22.2 Å². The molecular weight excluding hydrogens is 402 g/mol. The molecule has 1 atom stereocenters. The second-order valence-electron chi connectivity index (χ2n) is 6.85. The summed E-state index contributed by atoms with van der Waals surface area (Å²) in [6, 6.07) is 17.1. The van der Waals surface area contributed by atoms with E-state index in [0.29, 0.717) is 30.0 Å². The summed E-state index contributed by atoms with van der Waals surface area (Å²) < 4.78 is 31.6. The Morgan fingerprint density at radius 2 is 1.93 bits per heavy atom. The monoisotopic (exact) mass is 422 g/mol. The molecule has 2 aromatic heterocycles. The van der Waals surface area contributed by atoms with E-state index in [1.54, 1.807) is 19.4 Å². The first-order valence-corrected chi connectivity index (χ1v) is 10.5. The van der Waals surface area contributed by atoms with Crippen molar-refractivity contribution in [2.45, 2.75) is 6.42 Å². The van der Waals surface area contributed by atoms with Crippen LogP contribution in [0, 0.1) is 0 Å². The molecule has 2 aromatic carbocycles. The molecule has 7 nitrogen and oxygen atoms in total. The predicted molar refractivity (Wildman–Crippen MR) is 116 cm³/mol. The molecule has 0 saturated heterocycles. The van der Waals surface area contributed by atoms with Gasteiger partial charge in [-0.05, 0) is 42.3 Å². The van der Waals surface area contributed by atoms with Crippen LogP contribution in [0.25, 0.3) is 22.0 Å². The van der Waals surface area contributed by atoms with Gasteiger partial charge in [0.25, 0.3) is 5.56 Å². The number of benzene rings is 2. The smallest absolute Gasteiger partial charge is 0.274 e. The van der Waals surface area contributed by atoms with Crippen molar-refractivity contribution in [1.82, 2.24) is 14.3 Å². The third-order valence-electron chi connectivity index (χ3n) is 4.83. The van der Waals surface area contributed by atoms with Gasteiger partial charge < -0.3 is 18.8 Å². The topological polar surface area (TPSA) is 99.2 Å². The molecule has 4 aromatic rings. The van der Waals surface area contributed by atoms with Crippen molar-refractivity contribution in [3.05, 3.63) is 82.9 Å². The van der Waals surface area contributed by atoms with Gasteiger partial charge in [-0.2, -0.15) is 0 Å². The zero-order chi connectivity index (χ0) is 21.1. The maximum absolute atomic E-state index is 12.5. The van der Waals surface area contributed by atoms with E-state index in [4.69, 9.17) is 4.74 Å². The van der Waals surface area contributed by atoms with E-state index in [1.165, 1.54) is 4.57 Å². The first-order valence-electron chi connectivity index (χ1n) is 9.38. The second kappa shape index (κ2) is 8.66. The summed E-state index contributed by atoms with van der Waals surface area (Å²) in [5.74, 6) is 1.34.